The van der Waals surface area contributed by atoms with E-state index in [0.717, 1.165) is 19.6 Å². The molecule has 0 saturated carbocycles. The molecule has 0 aromatic rings. The van der Waals surface area contributed by atoms with Crippen molar-refractivity contribution in [3.63, 3.8) is 0 Å². The molecule has 0 aliphatic heterocycles. The highest BCUT2D eigenvalue weighted by molar-refractivity contribution is 5.98. The van der Waals surface area contributed by atoms with E-state index in [0.29, 0.717) is 22.3 Å². The van der Waals surface area contributed by atoms with Crippen LogP contribution in [0.1, 0.15) is 41.5 Å². The third-order valence-corrected chi connectivity index (χ3v) is 3.62. The highest BCUT2D eigenvalue weighted by Gasteiger charge is 2.34. The lowest BCUT2D eigenvalue weighted by Crippen LogP contribution is -2.69. The van der Waals surface area contributed by atoms with E-state index >= 15 is 0 Å². The summed E-state index contributed by atoms with van der Waals surface area (Å²) in [7, 11) is 0.707. The molecule has 0 radical (unpaired) electrons. The van der Waals surface area contributed by atoms with Crippen molar-refractivity contribution in [3.05, 3.63) is 0 Å². The molecule has 0 rings (SSSR count). The summed E-state index contributed by atoms with van der Waals surface area (Å²) in [5.74, 6) is 0.822. The number of nitrogens with one attached hydrogen (secondary N) is 3. The summed E-state index contributed by atoms with van der Waals surface area (Å²) in [5.41, 5.74) is 0. The summed E-state index contributed by atoms with van der Waals surface area (Å²) in [6.45, 7) is 16.0. The number of hydrogen-bond acceptors (Lipinski definition) is 4. The smallest absolute Gasteiger partial charge is 0.179 e. The first kappa shape index (κ1) is 18.1. The topological polar surface area (TPSA) is 45.3 Å². The molecule has 0 heterocycles. The van der Waals surface area contributed by atoms with Crippen LogP contribution in [0.4, 0.5) is 0 Å². The zero-order valence-electron chi connectivity index (χ0n) is 13.3. The van der Waals surface area contributed by atoms with E-state index in [1.165, 1.54) is 0 Å². The maximum absolute atomic E-state index is 5.88. The molecule has 0 fully saturated rings. The first-order valence-electron chi connectivity index (χ1n) is 7.16. The minimum atomic E-state index is -0.430. The Balaban J connectivity index is 4.59. The fraction of sp³-hybridized carbons (Fsp3) is 1.00. The Kier molecular flexibility index (Phi) is 9.07. The van der Waals surface area contributed by atoms with Crippen molar-refractivity contribution in [2.24, 2.45) is 11.8 Å². The van der Waals surface area contributed by atoms with Gasteiger partial charge < -0.3 is 9.74 Å². The van der Waals surface area contributed by atoms with E-state index in [2.05, 4.69) is 57.5 Å². The molecule has 2 atom stereocenters. The highest BCUT2D eigenvalue weighted by atomic mass is 28.2. The Hall–Kier alpha value is 0.0569. The third kappa shape index (κ3) is 6.29. The van der Waals surface area contributed by atoms with Gasteiger partial charge in [-0.25, -0.2) is 0 Å². The van der Waals surface area contributed by atoms with Crippen molar-refractivity contribution in [1.29, 1.82) is 0 Å². The van der Waals surface area contributed by atoms with Gasteiger partial charge in [-0.05, 0) is 31.8 Å². The van der Waals surface area contributed by atoms with Gasteiger partial charge in [-0.3, -0.25) is 10.6 Å². The zero-order valence-corrected chi connectivity index (χ0v) is 15.3. The molecule has 0 spiro atoms. The Morgan fingerprint density at radius 2 is 1.56 bits per heavy atom. The summed E-state index contributed by atoms with van der Waals surface area (Å²) in [5, 5.41) is 10.6. The summed E-state index contributed by atoms with van der Waals surface area (Å²) in [6.07, 6.45) is 0. The van der Waals surface area contributed by atoms with E-state index in [9.17, 15) is 0 Å². The van der Waals surface area contributed by atoms with Crippen LogP contribution in [0.5, 0.6) is 0 Å². The molecule has 0 aromatic heterocycles. The van der Waals surface area contributed by atoms with Crippen molar-refractivity contribution >= 4 is 10.5 Å². The van der Waals surface area contributed by atoms with E-state index < -0.39 is 5.85 Å². The second-order valence-electron chi connectivity index (χ2n) is 5.77. The van der Waals surface area contributed by atoms with Gasteiger partial charge in [0.2, 0.25) is 0 Å². The van der Waals surface area contributed by atoms with Gasteiger partial charge in [0.05, 0.1) is 6.04 Å². The molecule has 3 N–H and O–H groups in total. The lowest BCUT2D eigenvalue weighted by Gasteiger charge is -2.41. The third-order valence-electron chi connectivity index (χ3n) is 2.98. The van der Waals surface area contributed by atoms with Crippen molar-refractivity contribution in [2.75, 3.05) is 19.6 Å². The normalized spacial score (nSPS) is 17.3. The number of rotatable bonds is 10. The predicted octanol–water partition coefficient (Wildman–Crippen LogP) is 0.426. The van der Waals surface area contributed by atoms with Crippen molar-refractivity contribution < 1.29 is 4.43 Å². The lowest BCUT2D eigenvalue weighted by atomic mass is 10.1. The fourth-order valence-electron chi connectivity index (χ4n) is 1.86. The summed E-state index contributed by atoms with van der Waals surface area (Å²) in [4.78, 5) is 0. The number of hydrogen-bond donors (Lipinski definition) is 3. The Bertz CT molecular complexity index is 214. The molecule has 0 aliphatic rings. The van der Waals surface area contributed by atoms with Crippen LogP contribution in [-0.2, 0) is 4.43 Å². The molecule has 2 unspecified atom stereocenters. The Morgan fingerprint density at radius 1 is 1.00 bits per heavy atom. The molecule has 0 amide bonds. The Labute approximate surface area is 116 Å². The highest BCUT2D eigenvalue weighted by Crippen LogP contribution is 2.09. The van der Waals surface area contributed by atoms with E-state index in [-0.39, 0.29) is 6.04 Å². The van der Waals surface area contributed by atoms with Gasteiger partial charge >= 0.3 is 0 Å². The van der Waals surface area contributed by atoms with Crippen molar-refractivity contribution in [3.8, 4) is 0 Å². The molecule has 5 heteroatoms. The predicted molar refractivity (Wildman–Crippen MR) is 82.6 cm³/mol. The lowest BCUT2D eigenvalue weighted by molar-refractivity contribution is -0.0262. The molecular formula is C13H33N3OSi. The average Bonchev–Trinajstić information content (AvgIpc) is 2.31. The fourth-order valence-corrected chi connectivity index (χ4v) is 2.51. The zero-order chi connectivity index (χ0) is 14.2. The van der Waals surface area contributed by atoms with Gasteiger partial charge in [0.25, 0.3) is 0 Å². The van der Waals surface area contributed by atoms with Gasteiger partial charge in [0.1, 0.15) is 10.5 Å². The van der Waals surface area contributed by atoms with Crippen molar-refractivity contribution in [2.45, 2.75) is 53.4 Å². The largest absolute Gasteiger partial charge is 0.398 e. The second-order valence-corrected chi connectivity index (χ2v) is 6.18. The molecule has 0 aromatic carbocycles. The van der Waals surface area contributed by atoms with Crippen LogP contribution >= 0.6 is 0 Å². The van der Waals surface area contributed by atoms with Crippen LogP contribution < -0.4 is 16.0 Å². The van der Waals surface area contributed by atoms with E-state index in [4.69, 9.17) is 4.43 Å². The molecule has 0 saturated heterocycles. The summed E-state index contributed by atoms with van der Waals surface area (Å²) >= 11 is 0. The summed E-state index contributed by atoms with van der Waals surface area (Å²) in [6, 6.07) is 0.232. The van der Waals surface area contributed by atoms with Crippen LogP contribution in [0.3, 0.4) is 0 Å². The average molecular weight is 276 g/mol. The van der Waals surface area contributed by atoms with Gasteiger partial charge in [0, 0.05) is 6.54 Å². The van der Waals surface area contributed by atoms with Gasteiger partial charge in [0.15, 0.2) is 5.85 Å². The monoisotopic (exact) mass is 275 g/mol. The van der Waals surface area contributed by atoms with Crippen LogP contribution in [0, 0.1) is 11.8 Å². The maximum atomic E-state index is 5.88. The molecule has 18 heavy (non-hydrogen) atoms. The van der Waals surface area contributed by atoms with E-state index in [1.807, 2.05) is 0 Å². The second kappa shape index (κ2) is 9.04. The molecule has 0 aliphatic carbocycles. The molecule has 110 valence electrons. The molecule has 4 nitrogen and oxygen atoms in total. The maximum Gasteiger partial charge on any atom is 0.179 e. The van der Waals surface area contributed by atoms with Gasteiger partial charge in [-0.15, -0.1) is 0 Å². The molecular weight excluding hydrogens is 242 g/mol. The van der Waals surface area contributed by atoms with E-state index in [1.54, 1.807) is 0 Å². The van der Waals surface area contributed by atoms with Crippen LogP contribution in [0.25, 0.3) is 0 Å². The van der Waals surface area contributed by atoms with Crippen LogP contribution in [0.15, 0.2) is 0 Å². The molecule has 0 bridgehead atoms. The van der Waals surface area contributed by atoms with Crippen LogP contribution in [-0.4, -0.2) is 42.0 Å². The van der Waals surface area contributed by atoms with Gasteiger partial charge in [-0.2, -0.15) is 0 Å². The minimum absolute atomic E-state index is 0.232. The van der Waals surface area contributed by atoms with Crippen molar-refractivity contribution in [1.82, 2.24) is 16.0 Å². The first-order valence-corrected chi connectivity index (χ1v) is 7.98. The first-order chi connectivity index (χ1) is 8.38. The minimum Gasteiger partial charge on any atom is -0.398 e. The van der Waals surface area contributed by atoms with Crippen LogP contribution in [0.2, 0.25) is 0 Å². The summed E-state index contributed by atoms with van der Waals surface area (Å²) < 4.78 is 5.88. The van der Waals surface area contributed by atoms with Gasteiger partial charge in [-0.1, -0.05) is 34.6 Å². The Morgan fingerprint density at radius 3 is 1.94 bits per heavy atom. The SMILES string of the molecule is CCNC(NCC(C)C)(O[SiH3])C(C)NCC(C)C. The number of likely N-dealkylation sites (N-methyl/N-ethyl adjacent to an activating group) is 1. The standard InChI is InChI=1S/C13H33N3OSi/c1-7-15-13(17-18,16-9-11(4)5)12(6)14-8-10(2)3/h10-12,14-16H,7-9H2,1-6,18H3. The quantitative estimate of drug-likeness (QED) is 0.400.